The van der Waals surface area contributed by atoms with E-state index in [1.807, 2.05) is 19.1 Å². The second-order valence-electron chi connectivity index (χ2n) is 9.90. The number of aryl methyl sites for hydroxylation is 1. The van der Waals surface area contributed by atoms with Crippen LogP contribution in [0.4, 0.5) is 10.1 Å². The van der Waals surface area contributed by atoms with Gasteiger partial charge in [0.15, 0.2) is 17.4 Å². The van der Waals surface area contributed by atoms with Gasteiger partial charge >= 0.3 is 0 Å². The van der Waals surface area contributed by atoms with Gasteiger partial charge in [0.2, 0.25) is 5.90 Å². The summed E-state index contributed by atoms with van der Waals surface area (Å²) in [6.45, 7) is 13.5. The first-order valence-electron chi connectivity index (χ1n) is 13.0. The van der Waals surface area contributed by atoms with Crippen LogP contribution in [0, 0.1) is 12.7 Å². The maximum absolute atomic E-state index is 15.1. The van der Waals surface area contributed by atoms with Gasteiger partial charge in [-0.05, 0) is 63.6 Å². The average molecular weight is 529 g/mol. The zero-order valence-corrected chi connectivity index (χ0v) is 22.8. The molecule has 37 heavy (non-hydrogen) atoms. The van der Waals surface area contributed by atoms with E-state index in [9.17, 15) is 0 Å². The van der Waals surface area contributed by atoms with E-state index in [0.29, 0.717) is 12.1 Å². The molecule has 9 heteroatoms. The molecule has 2 aliphatic heterocycles. The smallest absolute Gasteiger partial charge is 0.245 e. The molecule has 0 amide bonds. The number of piperazine rings is 1. The van der Waals surface area contributed by atoms with Gasteiger partial charge in [-0.3, -0.25) is 14.8 Å². The number of halogens is 2. The second-order valence-corrected chi connectivity index (χ2v) is 10.3. The number of ether oxygens (including phenoxy) is 1. The highest BCUT2D eigenvalue weighted by Gasteiger charge is 2.34. The summed E-state index contributed by atoms with van der Waals surface area (Å²) >= 11 is 6.03. The first-order valence-corrected chi connectivity index (χ1v) is 13.4. The van der Waals surface area contributed by atoms with Crippen LogP contribution in [0.5, 0.6) is 0 Å². The molecule has 2 aliphatic rings. The van der Waals surface area contributed by atoms with Gasteiger partial charge in [-0.25, -0.2) is 9.37 Å². The van der Waals surface area contributed by atoms with E-state index < -0.39 is 5.82 Å². The highest BCUT2D eigenvalue weighted by Crippen LogP contribution is 2.29. The number of anilines is 1. The predicted molar refractivity (Wildman–Crippen MR) is 149 cm³/mol. The van der Waals surface area contributed by atoms with Gasteiger partial charge < -0.3 is 15.4 Å². The van der Waals surface area contributed by atoms with Crippen LogP contribution in [0.1, 0.15) is 43.1 Å². The number of pyridine rings is 1. The minimum Gasteiger partial charge on any atom is -0.422 e. The van der Waals surface area contributed by atoms with E-state index in [0.717, 1.165) is 62.1 Å². The summed E-state index contributed by atoms with van der Waals surface area (Å²) < 4.78 is 20.4. The monoisotopic (exact) mass is 528 g/mol. The summed E-state index contributed by atoms with van der Waals surface area (Å²) in [6, 6.07) is 10.7. The van der Waals surface area contributed by atoms with Crippen molar-refractivity contribution in [3.05, 3.63) is 70.6 Å². The fourth-order valence-corrected chi connectivity index (χ4v) is 5.68. The summed E-state index contributed by atoms with van der Waals surface area (Å²) in [5, 5.41) is 0.781. The number of likely N-dealkylation sites (tertiary alicyclic amines) is 1. The van der Waals surface area contributed by atoms with E-state index in [1.54, 1.807) is 6.07 Å². The lowest BCUT2D eigenvalue weighted by molar-refractivity contribution is 0.0611. The number of rotatable bonds is 7. The molecule has 0 bridgehead atoms. The molecule has 0 radical (unpaired) electrons. The van der Waals surface area contributed by atoms with Crippen molar-refractivity contribution in [3.63, 3.8) is 0 Å². The van der Waals surface area contributed by atoms with Crippen LogP contribution in [0.15, 0.2) is 47.8 Å². The van der Waals surface area contributed by atoms with Gasteiger partial charge in [-0.1, -0.05) is 30.7 Å². The molecule has 0 unspecified atom stereocenters. The van der Waals surface area contributed by atoms with E-state index in [2.05, 4.69) is 50.3 Å². The molecule has 0 spiro atoms. The number of benzene rings is 1. The van der Waals surface area contributed by atoms with Crippen molar-refractivity contribution in [3.8, 4) is 0 Å². The zero-order valence-electron chi connectivity index (χ0n) is 22.1. The molecule has 3 heterocycles. The molecular formula is C28H38ClFN6O. The Morgan fingerprint density at radius 1 is 1.22 bits per heavy atom. The quantitative estimate of drug-likeness (QED) is 0.322. The third-order valence-electron chi connectivity index (χ3n) is 7.46. The van der Waals surface area contributed by atoms with Crippen molar-refractivity contribution in [2.75, 3.05) is 44.7 Å². The minimum absolute atomic E-state index is 0.0262. The van der Waals surface area contributed by atoms with Crippen LogP contribution < -0.4 is 10.6 Å². The van der Waals surface area contributed by atoms with Crippen molar-refractivity contribution in [2.45, 2.75) is 51.7 Å². The molecule has 2 saturated heterocycles. The van der Waals surface area contributed by atoms with Crippen molar-refractivity contribution in [1.82, 2.24) is 14.8 Å². The number of hydrogen-bond acceptors (Lipinski definition) is 7. The Balaban J connectivity index is 1.38. The van der Waals surface area contributed by atoms with Crippen molar-refractivity contribution in [2.24, 2.45) is 10.7 Å². The topological polar surface area (TPSA) is 70.2 Å². The molecule has 2 fully saturated rings. The fourth-order valence-electron chi connectivity index (χ4n) is 5.55. The minimum atomic E-state index is -0.481. The maximum atomic E-state index is 15.1. The normalized spacial score (nSPS) is 20.3. The molecule has 1 aromatic carbocycles. The Hall–Kier alpha value is -2.68. The lowest BCUT2D eigenvalue weighted by Gasteiger charge is -2.48. The molecule has 1 atom stereocenters. The van der Waals surface area contributed by atoms with Crippen molar-refractivity contribution >= 4 is 23.2 Å². The molecule has 2 N–H and O–H groups in total. The third kappa shape index (κ3) is 6.61. The van der Waals surface area contributed by atoms with E-state index in [-0.39, 0.29) is 17.5 Å². The molecule has 0 aliphatic carbocycles. The van der Waals surface area contributed by atoms with Crippen LogP contribution in [0.25, 0.3) is 0 Å². The molecule has 4 rings (SSSR count). The lowest BCUT2D eigenvalue weighted by Crippen LogP contribution is -2.58. The standard InChI is InChI=1S/C28H38ClFN6O/c1-5-23-18-35(26-16-25(30)27(33-19(26)2)28(32-4)37-20(3)31)14-15-36(23)24-10-12-34(13-11-24)17-21-6-8-22(29)9-7-21/h6-9,16,23-24H,3,5,10-15,17-18,31H2,1-2,4H3/t23-/m0/s1. The number of hydrogen-bond donors (Lipinski definition) is 1. The van der Waals surface area contributed by atoms with Gasteiger partial charge in [-0.15, -0.1) is 0 Å². The number of piperidine rings is 1. The Bertz CT molecular complexity index is 1120. The Labute approximate surface area is 224 Å². The largest absolute Gasteiger partial charge is 0.422 e. The van der Waals surface area contributed by atoms with E-state index >= 15 is 4.39 Å². The van der Waals surface area contributed by atoms with Gasteiger partial charge in [-0.2, -0.15) is 0 Å². The number of nitrogens with two attached hydrogens (primary N) is 1. The summed E-state index contributed by atoms with van der Waals surface area (Å²) in [5.74, 6) is -0.509. The Kier molecular flexibility index (Phi) is 9.05. The van der Waals surface area contributed by atoms with Crippen LogP contribution in [0.3, 0.4) is 0 Å². The summed E-state index contributed by atoms with van der Waals surface area (Å²) in [7, 11) is 1.51. The predicted octanol–water partition coefficient (Wildman–Crippen LogP) is 4.57. The molecule has 200 valence electrons. The van der Waals surface area contributed by atoms with Gasteiger partial charge in [0, 0.05) is 56.4 Å². The van der Waals surface area contributed by atoms with Crippen molar-refractivity contribution < 1.29 is 9.13 Å². The second kappa shape index (κ2) is 12.2. The number of aromatic nitrogens is 1. The lowest BCUT2D eigenvalue weighted by atomic mass is 9.97. The van der Waals surface area contributed by atoms with E-state index in [1.165, 1.54) is 25.5 Å². The molecular weight excluding hydrogens is 491 g/mol. The molecule has 2 aromatic rings. The average Bonchev–Trinajstić information content (AvgIpc) is 2.90. The summed E-state index contributed by atoms with van der Waals surface area (Å²) in [4.78, 5) is 16.0. The molecule has 7 nitrogen and oxygen atoms in total. The third-order valence-corrected chi connectivity index (χ3v) is 7.71. The summed E-state index contributed by atoms with van der Waals surface area (Å²) in [5.41, 5.74) is 8.44. The highest BCUT2D eigenvalue weighted by molar-refractivity contribution is 6.30. The first-order chi connectivity index (χ1) is 17.8. The fraction of sp³-hybridized carbons (Fsp3) is 0.500. The van der Waals surface area contributed by atoms with Crippen LogP contribution in [-0.2, 0) is 11.3 Å². The summed E-state index contributed by atoms with van der Waals surface area (Å²) in [6.07, 6.45) is 3.38. The highest BCUT2D eigenvalue weighted by atomic mass is 35.5. The van der Waals surface area contributed by atoms with Crippen LogP contribution >= 0.6 is 11.6 Å². The van der Waals surface area contributed by atoms with Gasteiger partial charge in [0.25, 0.3) is 0 Å². The SMILES string of the molecule is C=C(N)OC(=NC)c1nc(C)c(N2CCN(C3CCN(Cc4ccc(Cl)cc4)CC3)[C@@H](CC)C2)cc1F. The first kappa shape index (κ1) is 27.4. The Morgan fingerprint density at radius 3 is 2.54 bits per heavy atom. The van der Waals surface area contributed by atoms with Crippen LogP contribution in [0.2, 0.25) is 5.02 Å². The van der Waals surface area contributed by atoms with Gasteiger partial charge in [0.05, 0.1) is 11.4 Å². The zero-order chi connectivity index (χ0) is 26.5. The van der Waals surface area contributed by atoms with Gasteiger partial charge in [0.1, 0.15) is 0 Å². The molecule has 0 saturated carbocycles. The Morgan fingerprint density at radius 2 is 1.92 bits per heavy atom. The van der Waals surface area contributed by atoms with E-state index in [4.69, 9.17) is 22.1 Å². The van der Waals surface area contributed by atoms with Crippen molar-refractivity contribution in [1.29, 1.82) is 0 Å². The number of nitrogens with zero attached hydrogens (tertiary/aromatic N) is 5. The maximum Gasteiger partial charge on any atom is 0.245 e. The molecule has 1 aromatic heterocycles. The number of aliphatic imine (C=N–C) groups is 1. The van der Waals surface area contributed by atoms with Crippen LogP contribution in [-0.4, -0.2) is 72.5 Å².